The van der Waals surface area contributed by atoms with Crippen LogP contribution >= 0.6 is 11.3 Å². The molecule has 0 unspecified atom stereocenters. The first-order valence-corrected chi connectivity index (χ1v) is 8.46. The molecule has 0 aliphatic heterocycles. The average molecular weight is 351 g/mol. The number of phenolic OH excluding ortho intramolecular Hbond substituents is 1. The molecule has 6 heteroatoms. The van der Waals surface area contributed by atoms with E-state index in [-0.39, 0.29) is 17.9 Å². The van der Waals surface area contributed by atoms with Crippen LogP contribution in [0, 0.1) is 0 Å². The fraction of sp³-hybridized carbons (Fsp3) is 0.0526. The SMILES string of the molecule is O=C(OCc1coc(-c2cccs2)n1)c1cc2ccccc2cc1O. The molecule has 0 aliphatic carbocycles. The molecule has 0 saturated carbocycles. The van der Waals surface area contributed by atoms with Crippen LogP contribution in [0.3, 0.4) is 0 Å². The standard InChI is InChI=1S/C19H13NO4S/c21-16-9-13-5-2-1-4-12(13)8-15(16)19(22)24-11-14-10-23-18(20-14)17-6-3-7-25-17/h1-10,21H,11H2. The van der Waals surface area contributed by atoms with Gasteiger partial charge in [0.25, 0.3) is 0 Å². The third-order valence-corrected chi connectivity index (χ3v) is 4.58. The molecule has 2 aromatic heterocycles. The average Bonchev–Trinajstić information content (AvgIpc) is 3.30. The van der Waals surface area contributed by atoms with E-state index in [1.165, 1.54) is 17.6 Å². The van der Waals surface area contributed by atoms with E-state index in [0.717, 1.165) is 15.6 Å². The van der Waals surface area contributed by atoms with E-state index in [9.17, 15) is 9.90 Å². The van der Waals surface area contributed by atoms with Crippen LogP contribution in [0.15, 0.2) is 64.6 Å². The molecular weight excluding hydrogens is 338 g/mol. The smallest absolute Gasteiger partial charge is 0.342 e. The number of benzene rings is 2. The van der Waals surface area contributed by atoms with Gasteiger partial charge in [-0.15, -0.1) is 11.3 Å². The van der Waals surface area contributed by atoms with Crippen molar-refractivity contribution in [2.24, 2.45) is 0 Å². The maximum Gasteiger partial charge on any atom is 0.342 e. The van der Waals surface area contributed by atoms with E-state index in [0.29, 0.717) is 11.6 Å². The zero-order valence-corrected chi connectivity index (χ0v) is 13.8. The summed E-state index contributed by atoms with van der Waals surface area (Å²) in [5.74, 6) is -0.221. The number of ether oxygens (including phenoxy) is 1. The summed E-state index contributed by atoms with van der Waals surface area (Å²) in [5.41, 5.74) is 0.637. The highest BCUT2D eigenvalue weighted by Gasteiger charge is 2.15. The molecule has 5 nitrogen and oxygen atoms in total. The van der Waals surface area contributed by atoms with Crippen molar-refractivity contribution < 1.29 is 19.1 Å². The maximum absolute atomic E-state index is 12.3. The lowest BCUT2D eigenvalue weighted by Crippen LogP contribution is -2.06. The first-order chi connectivity index (χ1) is 12.2. The van der Waals surface area contributed by atoms with Gasteiger partial charge in [0.15, 0.2) is 0 Å². The van der Waals surface area contributed by atoms with Crippen molar-refractivity contribution in [2.45, 2.75) is 6.61 Å². The number of esters is 1. The number of hydrogen-bond acceptors (Lipinski definition) is 6. The number of thiophene rings is 1. The number of aromatic hydroxyl groups is 1. The second kappa shape index (κ2) is 6.41. The first-order valence-electron chi connectivity index (χ1n) is 7.58. The van der Waals surface area contributed by atoms with Gasteiger partial charge in [-0.25, -0.2) is 9.78 Å². The zero-order chi connectivity index (χ0) is 17.2. The van der Waals surface area contributed by atoms with E-state index in [1.807, 2.05) is 41.8 Å². The summed E-state index contributed by atoms with van der Waals surface area (Å²) in [6, 6.07) is 14.5. The third kappa shape index (κ3) is 3.12. The Kier molecular flexibility index (Phi) is 3.95. The topological polar surface area (TPSA) is 72.6 Å². The van der Waals surface area contributed by atoms with Crippen molar-refractivity contribution in [2.75, 3.05) is 0 Å². The van der Waals surface area contributed by atoms with E-state index in [1.54, 1.807) is 12.1 Å². The molecule has 0 spiro atoms. The van der Waals surface area contributed by atoms with Gasteiger partial charge in [-0.1, -0.05) is 30.3 Å². The van der Waals surface area contributed by atoms with Gasteiger partial charge < -0.3 is 14.3 Å². The van der Waals surface area contributed by atoms with Crippen molar-refractivity contribution in [1.82, 2.24) is 4.98 Å². The van der Waals surface area contributed by atoms with Crippen molar-refractivity contribution in [3.05, 3.63) is 71.4 Å². The van der Waals surface area contributed by atoms with Crippen LogP contribution in [-0.2, 0) is 11.3 Å². The van der Waals surface area contributed by atoms with Gasteiger partial charge in [0.1, 0.15) is 29.9 Å². The minimum atomic E-state index is -0.607. The first kappa shape index (κ1) is 15.4. The summed E-state index contributed by atoms with van der Waals surface area (Å²) in [4.78, 5) is 17.5. The summed E-state index contributed by atoms with van der Waals surface area (Å²) >= 11 is 1.52. The van der Waals surface area contributed by atoms with Gasteiger partial charge >= 0.3 is 5.97 Å². The fourth-order valence-electron chi connectivity index (χ4n) is 2.50. The summed E-state index contributed by atoms with van der Waals surface area (Å²) in [7, 11) is 0. The normalized spacial score (nSPS) is 10.9. The van der Waals surface area contributed by atoms with E-state index >= 15 is 0 Å². The molecule has 0 aliphatic rings. The zero-order valence-electron chi connectivity index (χ0n) is 13.0. The molecule has 4 aromatic rings. The highest BCUT2D eigenvalue weighted by Crippen LogP contribution is 2.26. The van der Waals surface area contributed by atoms with Crippen LogP contribution in [0.2, 0.25) is 0 Å². The van der Waals surface area contributed by atoms with Gasteiger partial charge in [-0.2, -0.15) is 0 Å². The molecule has 0 atom stereocenters. The largest absolute Gasteiger partial charge is 0.507 e. The number of oxazole rings is 1. The lowest BCUT2D eigenvalue weighted by Gasteiger charge is -2.07. The van der Waals surface area contributed by atoms with Crippen LogP contribution < -0.4 is 0 Å². The van der Waals surface area contributed by atoms with Crippen LogP contribution in [0.4, 0.5) is 0 Å². The molecule has 2 heterocycles. The Morgan fingerprint density at radius 2 is 1.96 bits per heavy atom. The Bertz CT molecular complexity index is 1040. The van der Waals surface area contributed by atoms with Gasteiger partial charge in [-0.3, -0.25) is 0 Å². The lowest BCUT2D eigenvalue weighted by molar-refractivity contribution is 0.0464. The Hall–Kier alpha value is -3.12. The molecule has 124 valence electrons. The number of fused-ring (bicyclic) bond motifs is 1. The lowest BCUT2D eigenvalue weighted by atomic mass is 10.1. The number of hydrogen-bond donors (Lipinski definition) is 1. The number of phenols is 1. The Balaban J connectivity index is 1.50. The summed E-state index contributed by atoms with van der Waals surface area (Å²) in [5, 5.41) is 13.7. The second-order valence-electron chi connectivity index (χ2n) is 5.41. The van der Waals surface area contributed by atoms with Gasteiger partial charge in [0.2, 0.25) is 5.89 Å². The second-order valence-corrected chi connectivity index (χ2v) is 6.36. The predicted molar refractivity (Wildman–Crippen MR) is 94.5 cm³/mol. The Labute approximate surface area is 147 Å². The maximum atomic E-state index is 12.3. The highest BCUT2D eigenvalue weighted by atomic mass is 32.1. The number of rotatable bonds is 4. The molecule has 0 fully saturated rings. The van der Waals surface area contributed by atoms with Gasteiger partial charge in [-0.05, 0) is 34.4 Å². The van der Waals surface area contributed by atoms with E-state index in [2.05, 4.69) is 4.98 Å². The molecule has 1 N–H and O–H groups in total. The van der Waals surface area contributed by atoms with Gasteiger partial charge in [0, 0.05) is 0 Å². The van der Waals surface area contributed by atoms with Crippen molar-refractivity contribution in [1.29, 1.82) is 0 Å². The molecule has 0 bridgehead atoms. The molecule has 4 rings (SSSR count). The molecular formula is C19H13NO4S. The number of carbonyl (C=O) groups is 1. The fourth-order valence-corrected chi connectivity index (χ4v) is 3.15. The number of nitrogens with zero attached hydrogens (tertiary/aromatic N) is 1. The molecule has 0 amide bonds. The number of carbonyl (C=O) groups excluding carboxylic acids is 1. The van der Waals surface area contributed by atoms with E-state index < -0.39 is 5.97 Å². The van der Waals surface area contributed by atoms with Gasteiger partial charge in [0.05, 0.1) is 4.88 Å². The van der Waals surface area contributed by atoms with Crippen LogP contribution in [-0.4, -0.2) is 16.1 Å². The van der Waals surface area contributed by atoms with E-state index in [4.69, 9.17) is 9.15 Å². The molecule has 0 saturated heterocycles. The summed E-state index contributed by atoms with van der Waals surface area (Å²) in [6.07, 6.45) is 1.46. The summed E-state index contributed by atoms with van der Waals surface area (Å²) in [6.45, 7) is -0.0278. The molecule has 0 radical (unpaired) electrons. The van der Waals surface area contributed by atoms with Crippen molar-refractivity contribution in [3.63, 3.8) is 0 Å². The minimum Gasteiger partial charge on any atom is -0.507 e. The van der Waals surface area contributed by atoms with Crippen molar-refractivity contribution >= 4 is 28.1 Å². The predicted octanol–water partition coefficient (Wildman–Crippen LogP) is 4.62. The third-order valence-electron chi connectivity index (χ3n) is 3.72. The molecule has 25 heavy (non-hydrogen) atoms. The quantitative estimate of drug-likeness (QED) is 0.543. The minimum absolute atomic E-state index is 0.0278. The number of aromatic nitrogens is 1. The molecule has 2 aromatic carbocycles. The van der Waals surface area contributed by atoms with Crippen LogP contribution in [0.1, 0.15) is 16.1 Å². The Morgan fingerprint density at radius 3 is 2.72 bits per heavy atom. The monoisotopic (exact) mass is 351 g/mol. The highest BCUT2D eigenvalue weighted by molar-refractivity contribution is 7.13. The Morgan fingerprint density at radius 1 is 1.16 bits per heavy atom. The van der Waals surface area contributed by atoms with Crippen LogP contribution in [0.5, 0.6) is 5.75 Å². The van der Waals surface area contributed by atoms with Crippen LogP contribution in [0.25, 0.3) is 21.5 Å². The summed E-state index contributed by atoms with van der Waals surface area (Å²) < 4.78 is 10.6. The van der Waals surface area contributed by atoms with Crippen molar-refractivity contribution in [3.8, 4) is 16.5 Å².